The Balaban J connectivity index is 1.68. The molecule has 2 saturated heterocycles. The van der Waals surface area contributed by atoms with Crippen molar-refractivity contribution in [2.75, 3.05) is 19.7 Å². The highest BCUT2D eigenvalue weighted by Gasteiger charge is 2.35. The van der Waals surface area contributed by atoms with Gasteiger partial charge in [-0.15, -0.1) is 0 Å². The van der Waals surface area contributed by atoms with Gasteiger partial charge in [-0.2, -0.15) is 0 Å². The Morgan fingerprint density at radius 1 is 1.29 bits per heavy atom. The maximum atomic E-state index is 10.6. The summed E-state index contributed by atoms with van der Waals surface area (Å²) in [5, 5.41) is 10.6. The second-order valence-electron chi connectivity index (χ2n) is 6.81. The van der Waals surface area contributed by atoms with Gasteiger partial charge in [0.25, 0.3) is 0 Å². The number of aliphatic hydroxyl groups is 1. The third-order valence-corrected chi connectivity index (χ3v) is 5.10. The smallest absolute Gasteiger partial charge is 0.0964 e. The van der Waals surface area contributed by atoms with Crippen LogP contribution < -0.4 is 0 Å². The molecule has 21 heavy (non-hydrogen) atoms. The lowest BCUT2D eigenvalue weighted by Gasteiger charge is -2.37. The van der Waals surface area contributed by atoms with E-state index in [9.17, 15) is 5.11 Å². The molecule has 0 bridgehead atoms. The maximum absolute atomic E-state index is 10.6. The Morgan fingerprint density at radius 2 is 2.00 bits per heavy atom. The van der Waals surface area contributed by atoms with Crippen LogP contribution in [-0.4, -0.2) is 48.0 Å². The molecule has 3 rings (SSSR count). The van der Waals surface area contributed by atoms with E-state index in [4.69, 9.17) is 4.74 Å². The van der Waals surface area contributed by atoms with Gasteiger partial charge in [0.05, 0.1) is 18.8 Å². The predicted octanol–water partition coefficient (Wildman–Crippen LogP) is 2.38. The van der Waals surface area contributed by atoms with E-state index in [0.717, 1.165) is 13.2 Å². The van der Waals surface area contributed by atoms with Gasteiger partial charge in [-0.1, -0.05) is 17.7 Å². The maximum Gasteiger partial charge on any atom is 0.0964 e. The zero-order chi connectivity index (χ0) is 15.0. The van der Waals surface area contributed by atoms with Crippen LogP contribution in [0.5, 0.6) is 0 Å². The van der Waals surface area contributed by atoms with Gasteiger partial charge in [0.2, 0.25) is 0 Å². The van der Waals surface area contributed by atoms with Crippen molar-refractivity contribution in [1.29, 1.82) is 0 Å². The lowest BCUT2D eigenvalue weighted by molar-refractivity contribution is -0.101. The fraction of sp³-hybridized carbons (Fsp3) is 0.667. The average Bonchev–Trinajstić information content (AvgIpc) is 2.89. The van der Waals surface area contributed by atoms with Gasteiger partial charge in [-0.3, -0.25) is 4.90 Å². The van der Waals surface area contributed by atoms with Crippen molar-refractivity contribution in [1.82, 2.24) is 4.90 Å². The Labute approximate surface area is 127 Å². The second kappa shape index (κ2) is 6.07. The molecule has 0 saturated carbocycles. The summed E-state index contributed by atoms with van der Waals surface area (Å²) < 4.78 is 5.94. The number of aliphatic hydroxyl groups excluding tert-OH is 1. The molecule has 0 amide bonds. The van der Waals surface area contributed by atoms with Crippen LogP contribution in [0.3, 0.4) is 0 Å². The topological polar surface area (TPSA) is 32.7 Å². The molecule has 2 aliphatic heterocycles. The van der Waals surface area contributed by atoms with Crippen LogP contribution in [0, 0.1) is 20.8 Å². The number of hydrogen-bond donors (Lipinski definition) is 1. The first-order chi connectivity index (χ1) is 10.0. The Kier molecular flexibility index (Phi) is 4.34. The normalized spacial score (nSPS) is 27.6. The number of benzene rings is 1. The Morgan fingerprint density at radius 3 is 2.71 bits per heavy atom. The van der Waals surface area contributed by atoms with E-state index in [0.29, 0.717) is 12.5 Å². The highest BCUT2D eigenvalue weighted by Crippen LogP contribution is 2.26. The minimum absolute atomic E-state index is 0.0422. The van der Waals surface area contributed by atoms with Gasteiger partial charge >= 0.3 is 0 Å². The monoisotopic (exact) mass is 289 g/mol. The van der Waals surface area contributed by atoms with Crippen LogP contribution in [0.25, 0.3) is 0 Å². The fourth-order valence-electron chi connectivity index (χ4n) is 3.95. The summed E-state index contributed by atoms with van der Waals surface area (Å²) in [6.07, 6.45) is 2.76. The van der Waals surface area contributed by atoms with Gasteiger partial charge in [-0.25, -0.2) is 0 Å². The summed E-state index contributed by atoms with van der Waals surface area (Å²) in [6.45, 7) is 9.24. The number of hydrogen-bond acceptors (Lipinski definition) is 3. The van der Waals surface area contributed by atoms with Crippen molar-refractivity contribution in [2.45, 2.75) is 58.3 Å². The van der Waals surface area contributed by atoms with Gasteiger partial charge in [0.1, 0.15) is 0 Å². The molecule has 0 spiro atoms. The molecule has 0 aliphatic carbocycles. The molecule has 2 fully saturated rings. The third kappa shape index (κ3) is 3.15. The number of morpholine rings is 1. The van der Waals surface area contributed by atoms with Crippen LogP contribution in [0.4, 0.5) is 0 Å². The lowest BCUT2D eigenvalue weighted by atomic mass is 9.93. The SMILES string of the molecule is Cc1cc(C)c(CC(O)C2CN3CCCC3CO2)c(C)c1. The highest BCUT2D eigenvalue weighted by molar-refractivity contribution is 5.38. The summed E-state index contributed by atoms with van der Waals surface area (Å²) >= 11 is 0. The van der Waals surface area contributed by atoms with Crippen molar-refractivity contribution in [2.24, 2.45) is 0 Å². The number of rotatable bonds is 3. The molecular weight excluding hydrogens is 262 g/mol. The summed E-state index contributed by atoms with van der Waals surface area (Å²) in [7, 11) is 0. The predicted molar refractivity (Wildman–Crippen MR) is 84.7 cm³/mol. The lowest BCUT2D eigenvalue weighted by Crippen LogP contribution is -2.50. The van der Waals surface area contributed by atoms with Gasteiger partial charge in [0, 0.05) is 19.0 Å². The number of fused-ring (bicyclic) bond motifs is 1. The average molecular weight is 289 g/mol. The first-order valence-electron chi connectivity index (χ1n) is 8.15. The minimum atomic E-state index is -0.411. The van der Waals surface area contributed by atoms with Crippen LogP contribution in [0.15, 0.2) is 12.1 Å². The Bertz CT molecular complexity index is 491. The first kappa shape index (κ1) is 15.0. The van der Waals surface area contributed by atoms with Crippen LogP contribution in [0.2, 0.25) is 0 Å². The molecule has 3 heteroatoms. The van der Waals surface area contributed by atoms with E-state index in [1.165, 1.54) is 41.6 Å². The standard InChI is InChI=1S/C18H27NO2/c1-12-7-13(2)16(14(3)8-12)9-17(20)18-10-19-6-4-5-15(19)11-21-18/h7-8,15,17-18,20H,4-6,9-11H2,1-3H3. The van der Waals surface area contributed by atoms with Crippen LogP contribution in [-0.2, 0) is 11.2 Å². The van der Waals surface area contributed by atoms with E-state index >= 15 is 0 Å². The second-order valence-corrected chi connectivity index (χ2v) is 6.81. The van der Waals surface area contributed by atoms with E-state index in [1.807, 2.05) is 0 Å². The molecule has 1 N–H and O–H groups in total. The third-order valence-electron chi connectivity index (χ3n) is 5.10. The number of ether oxygens (including phenoxy) is 1. The van der Waals surface area contributed by atoms with Gasteiger partial charge < -0.3 is 9.84 Å². The van der Waals surface area contributed by atoms with E-state index in [1.54, 1.807) is 0 Å². The zero-order valence-corrected chi connectivity index (χ0v) is 13.4. The van der Waals surface area contributed by atoms with E-state index in [2.05, 4.69) is 37.8 Å². The fourth-order valence-corrected chi connectivity index (χ4v) is 3.95. The number of aryl methyl sites for hydroxylation is 3. The van der Waals surface area contributed by atoms with E-state index in [-0.39, 0.29) is 6.10 Å². The van der Waals surface area contributed by atoms with Crippen molar-refractivity contribution in [3.63, 3.8) is 0 Å². The highest BCUT2D eigenvalue weighted by atomic mass is 16.5. The van der Waals surface area contributed by atoms with Crippen molar-refractivity contribution in [3.8, 4) is 0 Å². The molecule has 3 nitrogen and oxygen atoms in total. The summed E-state index contributed by atoms with van der Waals surface area (Å²) in [6, 6.07) is 5.00. The molecule has 116 valence electrons. The van der Waals surface area contributed by atoms with Crippen LogP contribution >= 0.6 is 0 Å². The molecule has 0 aromatic heterocycles. The molecule has 0 radical (unpaired) electrons. The summed E-state index contributed by atoms with van der Waals surface area (Å²) in [5.41, 5.74) is 5.13. The summed E-state index contributed by atoms with van der Waals surface area (Å²) in [5.74, 6) is 0. The molecular formula is C18H27NO2. The quantitative estimate of drug-likeness (QED) is 0.927. The first-order valence-corrected chi connectivity index (χ1v) is 8.15. The molecule has 2 heterocycles. The van der Waals surface area contributed by atoms with Crippen molar-refractivity contribution in [3.05, 3.63) is 34.4 Å². The zero-order valence-electron chi connectivity index (χ0n) is 13.4. The summed E-state index contributed by atoms with van der Waals surface area (Å²) in [4.78, 5) is 2.49. The van der Waals surface area contributed by atoms with E-state index < -0.39 is 6.10 Å². The largest absolute Gasteiger partial charge is 0.390 e. The van der Waals surface area contributed by atoms with Gasteiger partial charge in [-0.05, 0) is 56.8 Å². The molecule has 1 aromatic rings. The van der Waals surface area contributed by atoms with Crippen molar-refractivity contribution < 1.29 is 9.84 Å². The number of nitrogens with zero attached hydrogens (tertiary/aromatic N) is 1. The minimum Gasteiger partial charge on any atom is -0.390 e. The molecule has 3 unspecified atom stereocenters. The molecule has 1 aromatic carbocycles. The molecule has 3 atom stereocenters. The Hall–Kier alpha value is -0.900. The van der Waals surface area contributed by atoms with Crippen LogP contribution in [0.1, 0.15) is 35.1 Å². The van der Waals surface area contributed by atoms with Gasteiger partial charge in [0.15, 0.2) is 0 Å². The van der Waals surface area contributed by atoms with Crippen molar-refractivity contribution >= 4 is 0 Å². The molecule has 2 aliphatic rings.